The van der Waals surface area contributed by atoms with E-state index in [9.17, 15) is 9.59 Å². The zero-order chi connectivity index (χ0) is 14.5. The molecule has 0 unspecified atom stereocenters. The summed E-state index contributed by atoms with van der Waals surface area (Å²) in [5.74, 6) is -1.35. The standard InChI is InChI=1S/C15H12BrNO3/c16-13-6-1-3-10(7-13)9-17-14(18)11-4-2-5-12(8-11)15(19)20/h1-8H,9H2,(H,17,18)(H,19,20). The molecule has 2 N–H and O–H groups in total. The molecule has 0 heterocycles. The van der Waals surface area contributed by atoms with Gasteiger partial charge in [0.15, 0.2) is 0 Å². The molecule has 1 amide bonds. The van der Waals surface area contributed by atoms with E-state index < -0.39 is 5.97 Å². The molecule has 0 aromatic heterocycles. The quantitative estimate of drug-likeness (QED) is 0.903. The highest BCUT2D eigenvalue weighted by Gasteiger charge is 2.09. The van der Waals surface area contributed by atoms with E-state index in [-0.39, 0.29) is 11.5 Å². The van der Waals surface area contributed by atoms with Crippen LogP contribution in [0.3, 0.4) is 0 Å². The van der Waals surface area contributed by atoms with Crippen LogP contribution in [0.4, 0.5) is 0 Å². The van der Waals surface area contributed by atoms with Gasteiger partial charge in [0.1, 0.15) is 0 Å². The van der Waals surface area contributed by atoms with E-state index in [1.807, 2.05) is 24.3 Å². The number of carbonyl (C=O) groups is 2. The molecule has 102 valence electrons. The summed E-state index contributed by atoms with van der Waals surface area (Å²) in [6, 6.07) is 13.6. The third kappa shape index (κ3) is 3.68. The highest BCUT2D eigenvalue weighted by Crippen LogP contribution is 2.12. The molecule has 2 aromatic rings. The zero-order valence-electron chi connectivity index (χ0n) is 10.5. The van der Waals surface area contributed by atoms with Crippen LogP contribution in [0.1, 0.15) is 26.3 Å². The number of rotatable bonds is 4. The maximum atomic E-state index is 12.0. The first-order valence-corrected chi connectivity index (χ1v) is 6.71. The molecule has 0 spiro atoms. The molecular formula is C15H12BrNO3. The second-order valence-corrected chi connectivity index (χ2v) is 5.11. The van der Waals surface area contributed by atoms with E-state index in [1.54, 1.807) is 12.1 Å². The van der Waals surface area contributed by atoms with Gasteiger partial charge < -0.3 is 10.4 Å². The Morgan fingerprint density at radius 2 is 1.75 bits per heavy atom. The number of nitrogens with one attached hydrogen (secondary N) is 1. The van der Waals surface area contributed by atoms with Crippen LogP contribution in [-0.2, 0) is 6.54 Å². The van der Waals surface area contributed by atoms with Gasteiger partial charge in [-0.05, 0) is 35.9 Å². The number of halogens is 1. The van der Waals surface area contributed by atoms with Crippen molar-refractivity contribution in [2.75, 3.05) is 0 Å². The molecule has 0 fully saturated rings. The normalized spacial score (nSPS) is 10.1. The molecule has 0 bridgehead atoms. The Morgan fingerprint density at radius 1 is 1.05 bits per heavy atom. The number of benzene rings is 2. The Balaban J connectivity index is 2.05. The Bertz CT molecular complexity index is 655. The zero-order valence-corrected chi connectivity index (χ0v) is 12.1. The summed E-state index contributed by atoms with van der Waals surface area (Å²) in [6.45, 7) is 0.384. The fraction of sp³-hybridized carbons (Fsp3) is 0.0667. The molecule has 0 atom stereocenters. The maximum Gasteiger partial charge on any atom is 0.335 e. The van der Waals surface area contributed by atoms with Crippen molar-refractivity contribution in [1.82, 2.24) is 5.32 Å². The van der Waals surface area contributed by atoms with Crippen molar-refractivity contribution >= 4 is 27.8 Å². The highest BCUT2D eigenvalue weighted by atomic mass is 79.9. The Morgan fingerprint density at radius 3 is 2.45 bits per heavy atom. The first kappa shape index (κ1) is 14.3. The van der Waals surface area contributed by atoms with Gasteiger partial charge in [-0.1, -0.05) is 34.1 Å². The average Bonchev–Trinajstić information content (AvgIpc) is 2.45. The van der Waals surface area contributed by atoms with Crippen LogP contribution in [0.25, 0.3) is 0 Å². The van der Waals surface area contributed by atoms with E-state index in [2.05, 4.69) is 21.2 Å². The molecule has 0 aliphatic carbocycles. The van der Waals surface area contributed by atoms with Crippen molar-refractivity contribution in [3.63, 3.8) is 0 Å². The average molecular weight is 334 g/mol. The van der Waals surface area contributed by atoms with Crippen LogP contribution in [0.5, 0.6) is 0 Å². The number of carboxylic acid groups (broad SMARTS) is 1. The lowest BCUT2D eigenvalue weighted by Crippen LogP contribution is -2.23. The minimum Gasteiger partial charge on any atom is -0.478 e. The molecule has 20 heavy (non-hydrogen) atoms. The Kier molecular flexibility index (Phi) is 4.53. The van der Waals surface area contributed by atoms with E-state index in [4.69, 9.17) is 5.11 Å². The number of aromatic carboxylic acids is 1. The van der Waals surface area contributed by atoms with Gasteiger partial charge in [-0.2, -0.15) is 0 Å². The summed E-state index contributed by atoms with van der Waals surface area (Å²) in [6.07, 6.45) is 0. The summed E-state index contributed by atoms with van der Waals surface area (Å²) in [4.78, 5) is 22.8. The fourth-order valence-electron chi connectivity index (χ4n) is 1.72. The number of carbonyl (C=O) groups excluding carboxylic acids is 1. The second kappa shape index (κ2) is 6.34. The van der Waals surface area contributed by atoms with Crippen LogP contribution in [0, 0.1) is 0 Å². The molecule has 0 saturated carbocycles. The summed E-state index contributed by atoms with van der Waals surface area (Å²) in [7, 11) is 0. The summed E-state index contributed by atoms with van der Waals surface area (Å²) in [5, 5.41) is 11.6. The lowest BCUT2D eigenvalue weighted by Gasteiger charge is -2.06. The summed E-state index contributed by atoms with van der Waals surface area (Å²) in [5.41, 5.74) is 1.39. The Hall–Kier alpha value is -2.14. The largest absolute Gasteiger partial charge is 0.478 e. The lowest BCUT2D eigenvalue weighted by molar-refractivity contribution is 0.0697. The minimum atomic E-state index is -1.05. The van der Waals surface area contributed by atoms with Crippen molar-refractivity contribution in [3.8, 4) is 0 Å². The number of carboxylic acids is 1. The summed E-state index contributed by atoms with van der Waals surface area (Å²) < 4.78 is 0.942. The van der Waals surface area contributed by atoms with Gasteiger partial charge in [0.05, 0.1) is 5.56 Å². The molecule has 0 aliphatic rings. The van der Waals surface area contributed by atoms with E-state index in [0.717, 1.165) is 10.0 Å². The van der Waals surface area contributed by atoms with Gasteiger partial charge >= 0.3 is 5.97 Å². The van der Waals surface area contributed by atoms with Gasteiger partial charge in [0, 0.05) is 16.6 Å². The molecule has 2 aromatic carbocycles. The van der Waals surface area contributed by atoms with Crippen LogP contribution in [-0.4, -0.2) is 17.0 Å². The van der Waals surface area contributed by atoms with E-state index in [1.165, 1.54) is 12.1 Å². The molecule has 0 saturated heterocycles. The van der Waals surface area contributed by atoms with Gasteiger partial charge in [-0.25, -0.2) is 4.79 Å². The van der Waals surface area contributed by atoms with Crippen LogP contribution in [0.15, 0.2) is 53.0 Å². The minimum absolute atomic E-state index is 0.0973. The van der Waals surface area contributed by atoms with Crippen molar-refractivity contribution < 1.29 is 14.7 Å². The molecule has 4 nitrogen and oxygen atoms in total. The molecule has 0 radical (unpaired) electrons. The predicted molar refractivity (Wildman–Crippen MR) is 78.7 cm³/mol. The van der Waals surface area contributed by atoms with Crippen LogP contribution < -0.4 is 5.32 Å². The molecule has 5 heteroatoms. The van der Waals surface area contributed by atoms with Crippen molar-refractivity contribution in [3.05, 3.63) is 69.7 Å². The Labute approximate surface area is 124 Å². The SMILES string of the molecule is O=C(O)c1cccc(C(=O)NCc2cccc(Br)c2)c1. The number of amides is 1. The smallest absolute Gasteiger partial charge is 0.335 e. The number of hydrogen-bond donors (Lipinski definition) is 2. The van der Waals surface area contributed by atoms with Crippen molar-refractivity contribution in [1.29, 1.82) is 0 Å². The lowest BCUT2D eigenvalue weighted by atomic mass is 10.1. The summed E-state index contributed by atoms with van der Waals surface area (Å²) >= 11 is 3.36. The third-order valence-corrected chi connectivity index (χ3v) is 3.21. The van der Waals surface area contributed by atoms with Gasteiger partial charge in [0.25, 0.3) is 5.91 Å². The third-order valence-electron chi connectivity index (χ3n) is 2.71. The van der Waals surface area contributed by atoms with Crippen molar-refractivity contribution in [2.45, 2.75) is 6.54 Å². The maximum absolute atomic E-state index is 12.0. The molecular weight excluding hydrogens is 322 g/mol. The first-order chi connectivity index (χ1) is 9.56. The van der Waals surface area contributed by atoms with E-state index >= 15 is 0 Å². The van der Waals surface area contributed by atoms with Gasteiger partial charge in [0.2, 0.25) is 0 Å². The first-order valence-electron chi connectivity index (χ1n) is 5.92. The molecule has 0 aliphatic heterocycles. The van der Waals surface area contributed by atoms with Crippen molar-refractivity contribution in [2.24, 2.45) is 0 Å². The van der Waals surface area contributed by atoms with Crippen LogP contribution in [0.2, 0.25) is 0 Å². The van der Waals surface area contributed by atoms with E-state index in [0.29, 0.717) is 12.1 Å². The van der Waals surface area contributed by atoms with Crippen LogP contribution >= 0.6 is 15.9 Å². The monoisotopic (exact) mass is 333 g/mol. The van der Waals surface area contributed by atoms with Gasteiger partial charge in [-0.3, -0.25) is 4.79 Å². The van der Waals surface area contributed by atoms with Gasteiger partial charge in [-0.15, -0.1) is 0 Å². The molecule has 2 rings (SSSR count). The highest BCUT2D eigenvalue weighted by molar-refractivity contribution is 9.10. The number of hydrogen-bond acceptors (Lipinski definition) is 2. The topological polar surface area (TPSA) is 66.4 Å². The second-order valence-electron chi connectivity index (χ2n) is 4.20. The fourth-order valence-corrected chi connectivity index (χ4v) is 2.17. The predicted octanol–water partition coefficient (Wildman–Crippen LogP) is 3.08.